The van der Waals surface area contributed by atoms with Gasteiger partial charge in [0.1, 0.15) is 0 Å². The van der Waals surface area contributed by atoms with Gasteiger partial charge in [-0.25, -0.2) is 4.98 Å². The van der Waals surface area contributed by atoms with Gasteiger partial charge >= 0.3 is 11.7 Å². The minimum atomic E-state index is -0.872. The van der Waals surface area contributed by atoms with E-state index in [1.165, 1.54) is 18.3 Å². The first-order valence-corrected chi connectivity index (χ1v) is 5.12. The summed E-state index contributed by atoms with van der Waals surface area (Å²) in [5.74, 6) is -0.756. The van der Waals surface area contributed by atoms with Gasteiger partial charge in [0, 0.05) is 18.8 Å². The van der Waals surface area contributed by atoms with Crippen LogP contribution in [0.4, 0.5) is 11.5 Å². The van der Waals surface area contributed by atoms with Crippen molar-refractivity contribution in [3.05, 3.63) is 28.4 Å². The van der Waals surface area contributed by atoms with E-state index in [9.17, 15) is 14.9 Å². The number of hydrogen-bond donors (Lipinski definition) is 2. The summed E-state index contributed by atoms with van der Waals surface area (Å²) in [5.41, 5.74) is -0.917. The summed E-state index contributed by atoms with van der Waals surface area (Å²) in [4.78, 5) is 24.9. The molecule has 0 spiro atoms. The molecule has 1 aromatic heterocycles. The van der Waals surface area contributed by atoms with E-state index in [1.54, 1.807) is 0 Å². The van der Waals surface area contributed by atoms with E-state index in [2.05, 4.69) is 10.3 Å². The van der Waals surface area contributed by atoms with Crippen LogP contribution in [0.1, 0.15) is 12.8 Å². The lowest BCUT2D eigenvalue weighted by atomic mass is 10.1. The molecule has 1 aliphatic carbocycles. The summed E-state index contributed by atoms with van der Waals surface area (Å²) < 4.78 is 0. The zero-order valence-electron chi connectivity index (χ0n) is 8.92. The smallest absolute Gasteiger partial charge is 0.311 e. The van der Waals surface area contributed by atoms with Crippen molar-refractivity contribution >= 4 is 17.5 Å². The first-order valence-electron chi connectivity index (χ1n) is 5.12. The fourth-order valence-corrected chi connectivity index (χ4v) is 1.55. The molecule has 2 N–H and O–H groups in total. The number of hydrogen-bond acceptors (Lipinski definition) is 5. The van der Waals surface area contributed by atoms with Crippen LogP contribution in [0.2, 0.25) is 0 Å². The number of nitrogens with zero attached hydrogens (tertiary/aromatic N) is 2. The Morgan fingerprint density at radius 2 is 2.35 bits per heavy atom. The number of aliphatic carboxylic acids is 1. The standard InChI is InChI=1S/C10H11N3O4/c14-9(15)10(3-4-10)6-12-8-7(13(16)17)2-1-5-11-8/h1-2,5H,3-4,6H2,(H,11,12)(H,14,15). The first kappa shape index (κ1) is 11.3. The summed E-state index contributed by atoms with van der Waals surface area (Å²) in [6.07, 6.45) is 2.61. The lowest BCUT2D eigenvalue weighted by Gasteiger charge is -2.11. The number of nitrogens with one attached hydrogen (secondary N) is 1. The monoisotopic (exact) mass is 237 g/mol. The van der Waals surface area contributed by atoms with Crippen molar-refractivity contribution in [1.82, 2.24) is 4.98 Å². The average Bonchev–Trinajstić information content (AvgIpc) is 3.07. The van der Waals surface area contributed by atoms with Crippen molar-refractivity contribution in [2.24, 2.45) is 5.41 Å². The summed E-state index contributed by atoms with van der Waals surface area (Å²) in [7, 11) is 0. The lowest BCUT2D eigenvalue weighted by molar-refractivity contribution is -0.384. The Balaban J connectivity index is 2.09. The number of rotatable bonds is 5. The summed E-state index contributed by atoms with van der Waals surface area (Å²) in [6.45, 7) is 0.167. The van der Waals surface area contributed by atoms with Crippen LogP contribution in [0.5, 0.6) is 0 Å². The van der Waals surface area contributed by atoms with Crippen LogP contribution in [-0.4, -0.2) is 27.5 Å². The van der Waals surface area contributed by atoms with Gasteiger partial charge in [-0.1, -0.05) is 0 Å². The number of aromatic nitrogens is 1. The first-order chi connectivity index (χ1) is 8.05. The van der Waals surface area contributed by atoms with Gasteiger partial charge in [-0.15, -0.1) is 0 Å². The van der Waals surface area contributed by atoms with Crippen molar-refractivity contribution in [1.29, 1.82) is 0 Å². The molecule has 0 aliphatic heterocycles. The third kappa shape index (κ3) is 2.17. The van der Waals surface area contributed by atoms with E-state index in [1.807, 2.05) is 0 Å². The highest BCUT2D eigenvalue weighted by molar-refractivity contribution is 5.78. The highest BCUT2D eigenvalue weighted by atomic mass is 16.6. The van der Waals surface area contributed by atoms with Crippen LogP contribution in [0, 0.1) is 15.5 Å². The molecule has 0 unspecified atom stereocenters. The van der Waals surface area contributed by atoms with Gasteiger partial charge < -0.3 is 10.4 Å². The number of pyridine rings is 1. The van der Waals surface area contributed by atoms with Crippen molar-refractivity contribution in [3.8, 4) is 0 Å². The molecule has 1 aromatic rings. The third-order valence-corrected chi connectivity index (χ3v) is 2.88. The lowest BCUT2D eigenvalue weighted by Crippen LogP contribution is -2.24. The molecule has 1 aliphatic rings. The second-order valence-corrected chi connectivity index (χ2v) is 4.07. The van der Waals surface area contributed by atoms with Gasteiger partial charge in [-0.3, -0.25) is 14.9 Å². The Hall–Kier alpha value is -2.18. The van der Waals surface area contributed by atoms with E-state index >= 15 is 0 Å². The second-order valence-electron chi connectivity index (χ2n) is 4.07. The van der Waals surface area contributed by atoms with Crippen LogP contribution in [0.3, 0.4) is 0 Å². The Morgan fingerprint density at radius 1 is 1.65 bits per heavy atom. The normalized spacial score (nSPS) is 16.2. The van der Waals surface area contributed by atoms with E-state index in [-0.39, 0.29) is 18.1 Å². The fraction of sp³-hybridized carbons (Fsp3) is 0.400. The van der Waals surface area contributed by atoms with E-state index in [0.717, 1.165) is 0 Å². The van der Waals surface area contributed by atoms with E-state index in [4.69, 9.17) is 5.11 Å². The average molecular weight is 237 g/mol. The fourth-order valence-electron chi connectivity index (χ4n) is 1.55. The molecule has 0 atom stereocenters. The predicted molar refractivity (Wildman–Crippen MR) is 58.7 cm³/mol. The van der Waals surface area contributed by atoms with Crippen LogP contribution in [-0.2, 0) is 4.79 Å². The minimum absolute atomic E-state index is 0.116. The van der Waals surface area contributed by atoms with Crippen molar-refractivity contribution in [3.63, 3.8) is 0 Å². The molecule has 0 aromatic carbocycles. The zero-order chi connectivity index (χ0) is 12.5. The highest BCUT2D eigenvalue weighted by Gasteiger charge is 2.50. The van der Waals surface area contributed by atoms with Gasteiger partial charge in [-0.05, 0) is 18.9 Å². The maximum absolute atomic E-state index is 10.9. The molecular weight excluding hydrogens is 226 g/mol. The van der Waals surface area contributed by atoms with E-state index < -0.39 is 16.3 Å². The Labute approximate surface area is 96.6 Å². The number of anilines is 1. The molecule has 1 fully saturated rings. The van der Waals surface area contributed by atoms with E-state index in [0.29, 0.717) is 12.8 Å². The third-order valence-electron chi connectivity index (χ3n) is 2.88. The maximum Gasteiger partial charge on any atom is 0.311 e. The van der Waals surface area contributed by atoms with Gasteiger partial charge in [0.05, 0.1) is 10.3 Å². The van der Waals surface area contributed by atoms with Crippen LogP contribution < -0.4 is 5.32 Å². The highest BCUT2D eigenvalue weighted by Crippen LogP contribution is 2.46. The molecule has 90 valence electrons. The van der Waals surface area contributed by atoms with Crippen molar-refractivity contribution < 1.29 is 14.8 Å². The van der Waals surface area contributed by atoms with Crippen LogP contribution in [0.15, 0.2) is 18.3 Å². The molecule has 1 heterocycles. The topological polar surface area (TPSA) is 105 Å². The largest absolute Gasteiger partial charge is 0.481 e. The Morgan fingerprint density at radius 3 is 2.88 bits per heavy atom. The Bertz CT molecular complexity index is 470. The van der Waals surface area contributed by atoms with Crippen LogP contribution in [0.25, 0.3) is 0 Å². The zero-order valence-corrected chi connectivity index (χ0v) is 8.92. The predicted octanol–water partition coefficient (Wildman–Crippen LogP) is 1.27. The maximum atomic E-state index is 10.9. The molecule has 0 radical (unpaired) electrons. The van der Waals surface area contributed by atoms with Crippen molar-refractivity contribution in [2.75, 3.05) is 11.9 Å². The SMILES string of the molecule is O=C(O)C1(CNc2ncccc2[N+](=O)[O-])CC1. The van der Waals surface area contributed by atoms with Gasteiger partial charge in [0.15, 0.2) is 0 Å². The van der Waals surface area contributed by atoms with Crippen molar-refractivity contribution in [2.45, 2.75) is 12.8 Å². The van der Waals surface area contributed by atoms with Gasteiger partial charge in [-0.2, -0.15) is 0 Å². The molecule has 2 rings (SSSR count). The molecule has 17 heavy (non-hydrogen) atoms. The van der Waals surface area contributed by atoms with Gasteiger partial charge in [0.25, 0.3) is 0 Å². The molecule has 0 bridgehead atoms. The quantitative estimate of drug-likeness (QED) is 0.590. The summed E-state index contributed by atoms with van der Waals surface area (Å²) in [6, 6.07) is 2.79. The molecule has 1 saturated carbocycles. The summed E-state index contributed by atoms with van der Waals surface area (Å²) in [5, 5.41) is 22.4. The van der Waals surface area contributed by atoms with Gasteiger partial charge in [0.2, 0.25) is 5.82 Å². The number of carboxylic acid groups (broad SMARTS) is 1. The number of carbonyl (C=O) groups is 1. The number of carboxylic acids is 1. The molecule has 7 nitrogen and oxygen atoms in total. The minimum Gasteiger partial charge on any atom is -0.481 e. The Kier molecular flexibility index (Phi) is 2.66. The number of nitro groups is 1. The second kappa shape index (κ2) is 4.00. The molecule has 7 heteroatoms. The molecule has 0 saturated heterocycles. The molecule has 0 amide bonds. The summed E-state index contributed by atoms with van der Waals surface area (Å²) >= 11 is 0. The van der Waals surface area contributed by atoms with Crippen LogP contribution >= 0.6 is 0 Å². The molecular formula is C10H11N3O4.